The first-order valence-corrected chi connectivity index (χ1v) is 9.60. The van der Waals surface area contributed by atoms with Crippen molar-refractivity contribution >= 4 is 17.6 Å². The third-order valence-corrected chi connectivity index (χ3v) is 3.77. The minimum Gasteiger partial charge on any atom is -0.381 e. The van der Waals surface area contributed by atoms with Gasteiger partial charge < -0.3 is 20.7 Å². The first-order valence-electron chi connectivity index (χ1n) is 9.60. The second-order valence-corrected chi connectivity index (χ2v) is 6.17. The second kappa shape index (κ2) is 14.1. The van der Waals surface area contributed by atoms with E-state index in [1.54, 1.807) is 7.05 Å². The minimum atomic E-state index is 0.0521. The molecule has 1 aromatic carbocycles. The van der Waals surface area contributed by atoms with Crippen LogP contribution in [-0.2, 0) is 16.1 Å². The lowest BCUT2D eigenvalue weighted by atomic mass is 10.2. The molecular weight excluding hydrogens is 328 g/mol. The van der Waals surface area contributed by atoms with E-state index in [2.05, 4.69) is 27.9 Å². The molecule has 0 fully saturated rings. The molecule has 3 N–H and O–H groups in total. The Hall–Kier alpha value is -2.08. The van der Waals surface area contributed by atoms with E-state index in [0.29, 0.717) is 13.0 Å². The lowest BCUT2D eigenvalue weighted by molar-refractivity contribution is -0.116. The minimum absolute atomic E-state index is 0.0521. The van der Waals surface area contributed by atoms with Crippen molar-refractivity contribution in [1.82, 2.24) is 10.6 Å². The number of unbranched alkanes of at least 4 members (excludes halogenated alkanes) is 1. The molecule has 0 saturated carbocycles. The normalized spacial score (nSPS) is 11.3. The Kier molecular flexibility index (Phi) is 11.9. The molecule has 0 aliphatic heterocycles. The van der Waals surface area contributed by atoms with Gasteiger partial charge in [0.1, 0.15) is 0 Å². The van der Waals surface area contributed by atoms with Crippen LogP contribution >= 0.6 is 0 Å². The van der Waals surface area contributed by atoms with Crippen LogP contribution in [0, 0.1) is 0 Å². The van der Waals surface area contributed by atoms with Gasteiger partial charge in [-0.05, 0) is 37.0 Å². The summed E-state index contributed by atoms with van der Waals surface area (Å²) in [6, 6.07) is 7.86. The third kappa shape index (κ3) is 10.0. The quantitative estimate of drug-likeness (QED) is 0.303. The van der Waals surface area contributed by atoms with Gasteiger partial charge in [0.05, 0.1) is 0 Å². The highest BCUT2D eigenvalue weighted by atomic mass is 16.5. The molecule has 1 amide bonds. The molecule has 0 heterocycles. The van der Waals surface area contributed by atoms with Crippen LogP contribution < -0.4 is 16.0 Å². The summed E-state index contributed by atoms with van der Waals surface area (Å²) in [5, 5.41) is 9.49. The van der Waals surface area contributed by atoms with Crippen molar-refractivity contribution in [2.75, 3.05) is 32.1 Å². The van der Waals surface area contributed by atoms with E-state index in [4.69, 9.17) is 4.74 Å². The van der Waals surface area contributed by atoms with Gasteiger partial charge in [0.2, 0.25) is 5.91 Å². The lowest BCUT2D eigenvalue weighted by Gasteiger charge is -2.13. The number of benzene rings is 1. The Labute approximate surface area is 157 Å². The van der Waals surface area contributed by atoms with Crippen LogP contribution in [0.3, 0.4) is 0 Å². The number of amides is 1. The van der Waals surface area contributed by atoms with Gasteiger partial charge in [-0.25, -0.2) is 0 Å². The molecule has 0 saturated heterocycles. The molecule has 6 heteroatoms. The van der Waals surface area contributed by atoms with Crippen molar-refractivity contribution < 1.29 is 9.53 Å². The van der Waals surface area contributed by atoms with Gasteiger partial charge in [0, 0.05) is 45.5 Å². The number of nitrogens with one attached hydrogen (secondary N) is 3. The summed E-state index contributed by atoms with van der Waals surface area (Å²) in [5.74, 6) is 0.815. The molecular formula is C20H34N4O2. The smallest absolute Gasteiger partial charge is 0.224 e. The van der Waals surface area contributed by atoms with Crippen molar-refractivity contribution in [2.45, 2.75) is 52.5 Å². The summed E-state index contributed by atoms with van der Waals surface area (Å²) in [6.07, 6.45) is 4.62. The third-order valence-electron chi connectivity index (χ3n) is 3.77. The van der Waals surface area contributed by atoms with Crippen LogP contribution in [0.4, 0.5) is 5.69 Å². The summed E-state index contributed by atoms with van der Waals surface area (Å²) < 4.78 is 5.55. The van der Waals surface area contributed by atoms with Gasteiger partial charge in [-0.2, -0.15) is 0 Å². The fourth-order valence-electron chi connectivity index (χ4n) is 2.35. The summed E-state index contributed by atoms with van der Waals surface area (Å²) in [6.45, 7) is 7.23. The largest absolute Gasteiger partial charge is 0.381 e. The Bertz CT molecular complexity index is 546. The van der Waals surface area contributed by atoms with Gasteiger partial charge >= 0.3 is 0 Å². The lowest BCUT2D eigenvalue weighted by Crippen LogP contribution is -2.37. The highest BCUT2D eigenvalue weighted by molar-refractivity contribution is 5.90. The predicted octanol–water partition coefficient (Wildman–Crippen LogP) is 3.30. The van der Waals surface area contributed by atoms with E-state index in [-0.39, 0.29) is 5.91 Å². The van der Waals surface area contributed by atoms with E-state index in [0.717, 1.165) is 62.7 Å². The van der Waals surface area contributed by atoms with E-state index in [9.17, 15) is 4.79 Å². The zero-order valence-electron chi connectivity index (χ0n) is 16.4. The van der Waals surface area contributed by atoms with Gasteiger partial charge in [-0.3, -0.25) is 9.79 Å². The van der Waals surface area contributed by atoms with Crippen molar-refractivity contribution in [1.29, 1.82) is 0 Å². The zero-order valence-corrected chi connectivity index (χ0v) is 16.4. The number of aliphatic imine (C=N–C) groups is 1. The number of hydrogen-bond donors (Lipinski definition) is 3. The SMILES string of the molecule is CCCCOCCCNC(=NC)NCc1cccc(NC(=O)CCC)c1. The fraction of sp³-hybridized carbons (Fsp3) is 0.600. The van der Waals surface area contributed by atoms with E-state index in [1.807, 2.05) is 31.2 Å². The maximum atomic E-state index is 11.7. The van der Waals surface area contributed by atoms with Crippen LogP contribution in [0.25, 0.3) is 0 Å². The molecule has 1 rings (SSSR count). The summed E-state index contributed by atoms with van der Waals surface area (Å²) in [7, 11) is 1.76. The summed E-state index contributed by atoms with van der Waals surface area (Å²) in [4.78, 5) is 15.9. The van der Waals surface area contributed by atoms with E-state index >= 15 is 0 Å². The molecule has 0 bridgehead atoms. The summed E-state index contributed by atoms with van der Waals surface area (Å²) in [5.41, 5.74) is 1.92. The van der Waals surface area contributed by atoms with Crippen molar-refractivity contribution in [3.05, 3.63) is 29.8 Å². The Morgan fingerprint density at radius 3 is 2.65 bits per heavy atom. The van der Waals surface area contributed by atoms with Crippen LogP contribution in [-0.4, -0.2) is 38.7 Å². The van der Waals surface area contributed by atoms with Crippen molar-refractivity contribution in [2.24, 2.45) is 4.99 Å². The molecule has 146 valence electrons. The molecule has 0 atom stereocenters. The Morgan fingerprint density at radius 2 is 1.92 bits per heavy atom. The molecule has 0 aliphatic carbocycles. The fourth-order valence-corrected chi connectivity index (χ4v) is 2.35. The monoisotopic (exact) mass is 362 g/mol. The topological polar surface area (TPSA) is 74.8 Å². The molecule has 0 aliphatic rings. The average Bonchev–Trinajstić information content (AvgIpc) is 2.64. The number of carbonyl (C=O) groups is 1. The molecule has 0 unspecified atom stereocenters. The zero-order chi connectivity index (χ0) is 19.0. The average molecular weight is 363 g/mol. The predicted molar refractivity (Wildman–Crippen MR) is 109 cm³/mol. The van der Waals surface area contributed by atoms with Gasteiger partial charge in [0.25, 0.3) is 0 Å². The van der Waals surface area contributed by atoms with E-state index < -0.39 is 0 Å². The molecule has 0 spiro atoms. The van der Waals surface area contributed by atoms with Crippen molar-refractivity contribution in [3.8, 4) is 0 Å². The number of guanidine groups is 1. The van der Waals surface area contributed by atoms with Crippen LogP contribution in [0.2, 0.25) is 0 Å². The molecule has 0 aromatic heterocycles. The maximum Gasteiger partial charge on any atom is 0.224 e. The van der Waals surface area contributed by atoms with Crippen LogP contribution in [0.5, 0.6) is 0 Å². The molecule has 1 aromatic rings. The van der Waals surface area contributed by atoms with Gasteiger partial charge in [-0.1, -0.05) is 32.4 Å². The molecule has 0 radical (unpaired) electrons. The first kappa shape index (κ1) is 22.0. The number of anilines is 1. The van der Waals surface area contributed by atoms with Crippen LogP contribution in [0.1, 0.15) is 51.5 Å². The summed E-state index contributed by atoms with van der Waals surface area (Å²) >= 11 is 0. The number of nitrogens with zero attached hydrogens (tertiary/aromatic N) is 1. The number of hydrogen-bond acceptors (Lipinski definition) is 3. The molecule has 6 nitrogen and oxygen atoms in total. The number of carbonyl (C=O) groups excluding carboxylic acids is 1. The Morgan fingerprint density at radius 1 is 1.12 bits per heavy atom. The standard InChI is InChI=1S/C20H34N4O2/c1-4-6-13-26-14-8-12-22-20(21-3)23-16-17-10-7-11-18(15-17)24-19(25)9-5-2/h7,10-11,15H,4-6,8-9,12-14,16H2,1-3H3,(H,24,25)(H2,21,22,23). The van der Waals surface area contributed by atoms with Crippen LogP contribution in [0.15, 0.2) is 29.3 Å². The number of ether oxygens (including phenoxy) is 1. The molecule has 26 heavy (non-hydrogen) atoms. The van der Waals surface area contributed by atoms with Gasteiger partial charge in [-0.15, -0.1) is 0 Å². The second-order valence-electron chi connectivity index (χ2n) is 6.17. The first-order chi connectivity index (χ1) is 12.7. The van der Waals surface area contributed by atoms with Crippen molar-refractivity contribution in [3.63, 3.8) is 0 Å². The Balaban J connectivity index is 2.31. The van der Waals surface area contributed by atoms with Gasteiger partial charge in [0.15, 0.2) is 5.96 Å². The highest BCUT2D eigenvalue weighted by Gasteiger charge is 2.03. The number of rotatable bonds is 12. The van der Waals surface area contributed by atoms with E-state index in [1.165, 1.54) is 0 Å². The maximum absolute atomic E-state index is 11.7. The highest BCUT2D eigenvalue weighted by Crippen LogP contribution is 2.11.